The molecule has 6 nitrogen and oxygen atoms in total. The number of amides is 1. The number of hydrogen-bond acceptors (Lipinski definition) is 5. The first-order chi connectivity index (χ1) is 12.2. The number of rotatable bonds is 9. The summed E-state index contributed by atoms with van der Waals surface area (Å²) in [6.45, 7) is 3.27. The van der Waals surface area contributed by atoms with Crippen LogP contribution in [0.2, 0.25) is 0 Å². The molecule has 0 aliphatic carbocycles. The van der Waals surface area contributed by atoms with Crippen molar-refractivity contribution in [2.24, 2.45) is 0 Å². The lowest BCUT2D eigenvalue weighted by Crippen LogP contribution is -2.28. The van der Waals surface area contributed by atoms with Crippen LogP contribution in [0.1, 0.15) is 17.3 Å². The second kappa shape index (κ2) is 9.42. The van der Waals surface area contributed by atoms with Gasteiger partial charge in [-0.05, 0) is 37.3 Å². The summed E-state index contributed by atoms with van der Waals surface area (Å²) < 4.78 is 21.4. The van der Waals surface area contributed by atoms with Gasteiger partial charge in [0.2, 0.25) is 0 Å². The zero-order valence-corrected chi connectivity index (χ0v) is 14.7. The van der Waals surface area contributed by atoms with Crippen LogP contribution in [-0.2, 0) is 0 Å². The molecule has 0 bridgehead atoms. The van der Waals surface area contributed by atoms with E-state index in [0.29, 0.717) is 42.6 Å². The van der Waals surface area contributed by atoms with Crippen molar-refractivity contribution in [3.8, 4) is 23.0 Å². The van der Waals surface area contributed by atoms with Gasteiger partial charge in [-0.25, -0.2) is 0 Å². The summed E-state index contributed by atoms with van der Waals surface area (Å²) in [4.78, 5) is 12.2. The highest BCUT2D eigenvalue weighted by atomic mass is 16.5. The number of methoxy groups -OCH3 is 2. The fourth-order valence-corrected chi connectivity index (χ4v) is 2.23. The van der Waals surface area contributed by atoms with Gasteiger partial charge < -0.3 is 24.3 Å². The molecule has 1 amide bonds. The van der Waals surface area contributed by atoms with Gasteiger partial charge in [0, 0.05) is 11.6 Å². The lowest BCUT2D eigenvalue weighted by atomic mass is 10.2. The summed E-state index contributed by atoms with van der Waals surface area (Å²) >= 11 is 0. The van der Waals surface area contributed by atoms with Gasteiger partial charge in [0.1, 0.15) is 18.1 Å². The van der Waals surface area contributed by atoms with Crippen LogP contribution in [0.3, 0.4) is 0 Å². The Morgan fingerprint density at radius 2 is 1.68 bits per heavy atom. The largest absolute Gasteiger partial charge is 0.494 e. The summed E-state index contributed by atoms with van der Waals surface area (Å²) in [5, 5.41) is 2.81. The van der Waals surface area contributed by atoms with Crippen molar-refractivity contribution in [1.82, 2.24) is 5.32 Å². The maximum atomic E-state index is 12.2. The van der Waals surface area contributed by atoms with Gasteiger partial charge in [-0.3, -0.25) is 4.79 Å². The van der Waals surface area contributed by atoms with Gasteiger partial charge in [-0.2, -0.15) is 0 Å². The molecule has 0 heterocycles. The molecule has 0 radical (unpaired) electrons. The summed E-state index contributed by atoms with van der Waals surface area (Å²) in [5.74, 6) is 2.35. The third-order valence-corrected chi connectivity index (χ3v) is 3.42. The Kier molecular flexibility index (Phi) is 6.95. The maximum absolute atomic E-state index is 12.2. The van der Waals surface area contributed by atoms with Crippen molar-refractivity contribution >= 4 is 5.91 Å². The highest BCUT2D eigenvalue weighted by molar-refractivity contribution is 5.94. The summed E-state index contributed by atoms with van der Waals surface area (Å²) in [5.41, 5.74) is 0.496. The quantitative estimate of drug-likeness (QED) is 0.708. The molecule has 134 valence electrons. The number of hydrogen-bond donors (Lipinski definition) is 1. The van der Waals surface area contributed by atoms with Crippen LogP contribution in [0.5, 0.6) is 23.0 Å². The van der Waals surface area contributed by atoms with Crippen LogP contribution in [-0.4, -0.2) is 39.9 Å². The standard InChI is InChI=1S/C19H23NO5/c1-4-24-15-6-5-7-16(13-15)25-11-10-20-19(21)14-8-9-17(22-2)18(12-14)23-3/h5-9,12-13H,4,10-11H2,1-3H3,(H,20,21). The smallest absolute Gasteiger partial charge is 0.251 e. The minimum absolute atomic E-state index is 0.201. The molecular weight excluding hydrogens is 322 g/mol. The topological polar surface area (TPSA) is 66.0 Å². The molecule has 0 saturated heterocycles. The van der Waals surface area contributed by atoms with Crippen LogP contribution < -0.4 is 24.3 Å². The number of nitrogens with one attached hydrogen (secondary N) is 1. The van der Waals surface area contributed by atoms with Crippen molar-refractivity contribution in [1.29, 1.82) is 0 Å². The second-order valence-corrected chi connectivity index (χ2v) is 5.08. The van der Waals surface area contributed by atoms with Crippen LogP contribution in [0.25, 0.3) is 0 Å². The fraction of sp³-hybridized carbons (Fsp3) is 0.316. The SMILES string of the molecule is CCOc1cccc(OCCNC(=O)c2ccc(OC)c(OC)c2)c1. The van der Waals surface area contributed by atoms with Crippen molar-refractivity contribution in [3.05, 3.63) is 48.0 Å². The average molecular weight is 345 g/mol. The fourth-order valence-electron chi connectivity index (χ4n) is 2.23. The number of ether oxygens (including phenoxy) is 4. The van der Waals surface area contributed by atoms with Crippen molar-refractivity contribution < 1.29 is 23.7 Å². The van der Waals surface area contributed by atoms with Crippen LogP contribution in [0.4, 0.5) is 0 Å². The Bertz CT molecular complexity index is 702. The number of benzene rings is 2. The predicted molar refractivity (Wildman–Crippen MR) is 95.0 cm³/mol. The molecule has 0 fully saturated rings. The van der Waals surface area contributed by atoms with Gasteiger partial charge >= 0.3 is 0 Å². The third-order valence-electron chi connectivity index (χ3n) is 3.42. The van der Waals surface area contributed by atoms with E-state index in [2.05, 4.69) is 5.32 Å². The van der Waals surface area contributed by atoms with Gasteiger partial charge in [-0.15, -0.1) is 0 Å². The molecule has 2 aromatic carbocycles. The molecular formula is C19H23NO5. The predicted octanol–water partition coefficient (Wildman–Crippen LogP) is 2.91. The Morgan fingerprint density at radius 1 is 0.960 bits per heavy atom. The summed E-state index contributed by atoms with van der Waals surface area (Å²) in [6.07, 6.45) is 0. The maximum Gasteiger partial charge on any atom is 0.251 e. The average Bonchev–Trinajstić information content (AvgIpc) is 2.65. The van der Waals surface area contributed by atoms with E-state index < -0.39 is 0 Å². The molecule has 0 saturated carbocycles. The van der Waals surface area contributed by atoms with Gasteiger partial charge in [-0.1, -0.05) is 6.07 Å². The minimum Gasteiger partial charge on any atom is -0.494 e. The van der Waals surface area contributed by atoms with Crippen LogP contribution in [0, 0.1) is 0 Å². The first kappa shape index (κ1) is 18.4. The molecule has 0 aliphatic heterocycles. The Balaban J connectivity index is 1.83. The van der Waals surface area contributed by atoms with E-state index >= 15 is 0 Å². The normalized spacial score (nSPS) is 10.0. The lowest BCUT2D eigenvalue weighted by molar-refractivity contribution is 0.0946. The molecule has 0 unspecified atom stereocenters. The minimum atomic E-state index is -0.201. The molecule has 2 aromatic rings. The van der Waals surface area contributed by atoms with Crippen molar-refractivity contribution in [2.45, 2.75) is 6.92 Å². The molecule has 1 N–H and O–H groups in total. The van der Waals surface area contributed by atoms with Gasteiger partial charge in [0.05, 0.1) is 27.4 Å². The Morgan fingerprint density at radius 3 is 2.36 bits per heavy atom. The van der Waals surface area contributed by atoms with E-state index in [1.807, 2.05) is 31.2 Å². The lowest BCUT2D eigenvalue weighted by Gasteiger charge is -2.11. The number of carbonyl (C=O) groups excluding carboxylic acids is 1. The van der Waals surface area contributed by atoms with Crippen molar-refractivity contribution in [3.63, 3.8) is 0 Å². The van der Waals surface area contributed by atoms with E-state index in [-0.39, 0.29) is 5.91 Å². The summed E-state index contributed by atoms with van der Waals surface area (Å²) in [6, 6.07) is 12.4. The molecule has 0 spiro atoms. The zero-order valence-electron chi connectivity index (χ0n) is 14.7. The van der Waals surface area contributed by atoms with E-state index in [9.17, 15) is 4.79 Å². The van der Waals surface area contributed by atoms with Crippen LogP contribution >= 0.6 is 0 Å². The van der Waals surface area contributed by atoms with E-state index in [4.69, 9.17) is 18.9 Å². The summed E-state index contributed by atoms with van der Waals surface area (Å²) in [7, 11) is 3.08. The second-order valence-electron chi connectivity index (χ2n) is 5.08. The highest BCUT2D eigenvalue weighted by Gasteiger charge is 2.10. The molecule has 0 aromatic heterocycles. The van der Waals surface area contributed by atoms with Gasteiger partial charge in [0.25, 0.3) is 5.91 Å². The first-order valence-electron chi connectivity index (χ1n) is 8.03. The van der Waals surface area contributed by atoms with Crippen LogP contribution in [0.15, 0.2) is 42.5 Å². The van der Waals surface area contributed by atoms with E-state index in [0.717, 1.165) is 5.75 Å². The first-order valence-corrected chi connectivity index (χ1v) is 8.03. The zero-order chi connectivity index (χ0) is 18.1. The highest BCUT2D eigenvalue weighted by Crippen LogP contribution is 2.27. The molecule has 25 heavy (non-hydrogen) atoms. The molecule has 0 atom stereocenters. The Hall–Kier alpha value is -2.89. The Labute approximate surface area is 147 Å². The molecule has 0 aliphatic rings. The third kappa shape index (κ3) is 5.31. The van der Waals surface area contributed by atoms with Crippen molar-refractivity contribution in [2.75, 3.05) is 34.0 Å². The molecule has 6 heteroatoms. The van der Waals surface area contributed by atoms with Gasteiger partial charge in [0.15, 0.2) is 11.5 Å². The number of carbonyl (C=O) groups is 1. The van der Waals surface area contributed by atoms with E-state index in [1.165, 1.54) is 7.11 Å². The molecule has 2 rings (SSSR count). The van der Waals surface area contributed by atoms with E-state index in [1.54, 1.807) is 25.3 Å². The monoisotopic (exact) mass is 345 g/mol.